The number of H-pyrrole nitrogens is 1. The molecule has 2 aromatic carbocycles. The minimum Gasteiger partial charge on any atom is -0.338 e. The zero-order valence-electron chi connectivity index (χ0n) is 10.5. The standard InChI is InChI=1S/C16H10ClN3/c17-13-4-2-1-3-12(13)6-8-16-19-14-7-5-11(10-18)9-15(14)20-16/h1-9H,(H,19,20)/b8-6+. The van der Waals surface area contributed by atoms with Gasteiger partial charge in [0.1, 0.15) is 5.82 Å². The van der Waals surface area contributed by atoms with Crippen LogP contribution in [0.5, 0.6) is 0 Å². The number of nitrogens with zero attached hydrogens (tertiary/aromatic N) is 2. The van der Waals surface area contributed by atoms with Crippen molar-refractivity contribution >= 4 is 34.8 Å². The highest BCUT2D eigenvalue weighted by molar-refractivity contribution is 6.32. The Morgan fingerprint density at radius 3 is 2.80 bits per heavy atom. The van der Waals surface area contributed by atoms with E-state index in [-0.39, 0.29) is 0 Å². The first-order valence-corrected chi connectivity index (χ1v) is 6.46. The van der Waals surface area contributed by atoms with Crippen LogP contribution < -0.4 is 0 Å². The second-order valence-corrected chi connectivity index (χ2v) is 4.73. The molecule has 0 saturated heterocycles. The van der Waals surface area contributed by atoms with E-state index in [1.807, 2.05) is 42.5 Å². The van der Waals surface area contributed by atoms with Gasteiger partial charge in [0.25, 0.3) is 0 Å². The van der Waals surface area contributed by atoms with Crippen molar-refractivity contribution in [2.75, 3.05) is 0 Å². The van der Waals surface area contributed by atoms with Crippen molar-refractivity contribution in [3.63, 3.8) is 0 Å². The van der Waals surface area contributed by atoms with Crippen LogP contribution in [0, 0.1) is 11.3 Å². The Morgan fingerprint density at radius 2 is 2.00 bits per heavy atom. The van der Waals surface area contributed by atoms with Crippen molar-refractivity contribution in [1.29, 1.82) is 5.26 Å². The average molecular weight is 280 g/mol. The van der Waals surface area contributed by atoms with Gasteiger partial charge in [-0.2, -0.15) is 5.26 Å². The van der Waals surface area contributed by atoms with Crippen LogP contribution in [0.2, 0.25) is 5.02 Å². The summed E-state index contributed by atoms with van der Waals surface area (Å²) in [6, 6.07) is 15.1. The van der Waals surface area contributed by atoms with Crippen LogP contribution >= 0.6 is 11.6 Å². The second kappa shape index (κ2) is 5.20. The molecule has 3 aromatic rings. The normalized spacial score (nSPS) is 11.0. The fourth-order valence-electron chi connectivity index (χ4n) is 1.96. The Kier molecular flexibility index (Phi) is 3.24. The van der Waals surface area contributed by atoms with Crippen LogP contribution in [0.25, 0.3) is 23.2 Å². The maximum absolute atomic E-state index is 8.87. The second-order valence-electron chi connectivity index (χ2n) is 4.32. The quantitative estimate of drug-likeness (QED) is 0.762. The number of aromatic nitrogens is 2. The Morgan fingerprint density at radius 1 is 1.15 bits per heavy atom. The van der Waals surface area contributed by atoms with Gasteiger partial charge in [-0.3, -0.25) is 0 Å². The number of halogens is 1. The van der Waals surface area contributed by atoms with Crippen molar-refractivity contribution in [3.05, 3.63) is 64.4 Å². The van der Waals surface area contributed by atoms with Crippen LogP contribution in [0.3, 0.4) is 0 Å². The molecule has 0 atom stereocenters. The smallest absolute Gasteiger partial charge is 0.131 e. The van der Waals surface area contributed by atoms with Crippen LogP contribution in [-0.2, 0) is 0 Å². The van der Waals surface area contributed by atoms with Crippen molar-refractivity contribution in [2.24, 2.45) is 0 Å². The molecule has 0 unspecified atom stereocenters. The Bertz CT molecular complexity index is 840. The molecule has 0 aliphatic rings. The molecule has 1 aromatic heterocycles. The summed E-state index contributed by atoms with van der Waals surface area (Å²) >= 11 is 6.09. The number of fused-ring (bicyclic) bond motifs is 1. The fraction of sp³-hybridized carbons (Fsp3) is 0. The third-order valence-electron chi connectivity index (χ3n) is 2.96. The monoisotopic (exact) mass is 279 g/mol. The summed E-state index contributed by atoms with van der Waals surface area (Å²) in [5.41, 5.74) is 3.24. The lowest BCUT2D eigenvalue weighted by molar-refractivity contribution is 1.29. The molecule has 96 valence electrons. The van der Waals surface area contributed by atoms with Gasteiger partial charge >= 0.3 is 0 Å². The molecular weight excluding hydrogens is 270 g/mol. The number of hydrogen-bond donors (Lipinski definition) is 1. The van der Waals surface area contributed by atoms with Gasteiger partial charge in [0, 0.05) is 5.02 Å². The Hall–Kier alpha value is -2.57. The SMILES string of the molecule is N#Cc1ccc2nc(/C=C/c3ccccc3Cl)[nH]c2c1. The van der Waals surface area contributed by atoms with E-state index in [2.05, 4.69) is 16.0 Å². The van der Waals surface area contributed by atoms with Crippen molar-refractivity contribution in [2.45, 2.75) is 0 Å². The van der Waals surface area contributed by atoms with Crippen LogP contribution in [0.4, 0.5) is 0 Å². The van der Waals surface area contributed by atoms with Gasteiger partial charge in [0.2, 0.25) is 0 Å². The summed E-state index contributed by atoms with van der Waals surface area (Å²) in [7, 11) is 0. The third-order valence-corrected chi connectivity index (χ3v) is 3.30. The van der Waals surface area contributed by atoms with E-state index in [1.165, 1.54) is 0 Å². The molecule has 1 N–H and O–H groups in total. The lowest BCUT2D eigenvalue weighted by Crippen LogP contribution is -1.76. The van der Waals surface area contributed by atoms with E-state index in [9.17, 15) is 0 Å². The molecule has 0 radical (unpaired) electrons. The first-order valence-electron chi connectivity index (χ1n) is 6.09. The van der Waals surface area contributed by atoms with E-state index < -0.39 is 0 Å². The van der Waals surface area contributed by atoms with E-state index in [0.29, 0.717) is 10.6 Å². The van der Waals surface area contributed by atoms with Crippen molar-refractivity contribution in [3.8, 4) is 6.07 Å². The fourth-order valence-corrected chi connectivity index (χ4v) is 2.16. The number of imidazole rings is 1. The van der Waals surface area contributed by atoms with E-state index in [4.69, 9.17) is 16.9 Å². The maximum Gasteiger partial charge on any atom is 0.131 e. The molecule has 0 saturated carbocycles. The number of benzene rings is 2. The first kappa shape index (κ1) is 12.5. The lowest BCUT2D eigenvalue weighted by atomic mass is 10.2. The Labute approximate surface area is 121 Å². The molecule has 4 heteroatoms. The molecule has 0 spiro atoms. The van der Waals surface area contributed by atoms with E-state index in [1.54, 1.807) is 12.1 Å². The zero-order chi connectivity index (χ0) is 13.9. The molecule has 1 heterocycles. The van der Waals surface area contributed by atoms with Crippen molar-refractivity contribution < 1.29 is 0 Å². The maximum atomic E-state index is 8.87. The van der Waals surface area contributed by atoms with Crippen LogP contribution in [0.1, 0.15) is 17.0 Å². The van der Waals surface area contributed by atoms with Gasteiger partial charge in [0.15, 0.2) is 0 Å². The first-order chi connectivity index (χ1) is 9.76. The average Bonchev–Trinajstić information content (AvgIpc) is 2.88. The van der Waals surface area contributed by atoms with Gasteiger partial charge in [0.05, 0.1) is 22.7 Å². The van der Waals surface area contributed by atoms with Gasteiger partial charge in [-0.05, 0) is 42.0 Å². The molecule has 0 fully saturated rings. The molecule has 0 aliphatic carbocycles. The van der Waals surface area contributed by atoms with E-state index in [0.717, 1.165) is 22.4 Å². The topological polar surface area (TPSA) is 52.5 Å². The molecule has 0 amide bonds. The van der Waals surface area contributed by atoms with E-state index >= 15 is 0 Å². The molecule has 0 aliphatic heterocycles. The molecule has 3 nitrogen and oxygen atoms in total. The van der Waals surface area contributed by atoms with Crippen molar-refractivity contribution in [1.82, 2.24) is 9.97 Å². The van der Waals surface area contributed by atoms with Gasteiger partial charge in [-0.1, -0.05) is 29.8 Å². The zero-order valence-corrected chi connectivity index (χ0v) is 11.2. The molecule has 0 bridgehead atoms. The third kappa shape index (κ3) is 2.42. The minimum atomic E-state index is 0.614. The van der Waals surface area contributed by atoms with Gasteiger partial charge < -0.3 is 4.98 Å². The highest BCUT2D eigenvalue weighted by atomic mass is 35.5. The number of hydrogen-bond acceptors (Lipinski definition) is 2. The Balaban J connectivity index is 1.95. The minimum absolute atomic E-state index is 0.614. The summed E-state index contributed by atoms with van der Waals surface area (Å²) in [4.78, 5) is 7.61. The summed E-state index contributed by atoms with van der Waals surface area (Å²) < 4.78 is 0. The van der Waals surface area contributed by atoms with Crippen LogP contribution in [-0.4, -0.2) is 9.97 Å². The van der Waals surface area contributed by atoms with Gasteiger partial charge in [-0.15, -0.1) is 0 Å². The summed E-state index contributed by atoms with van der Waals surface area (Å²) in [5.74, 6) is 0.731. The lowest BCUT2D eigenvalue weighted by Gasteiger charge is -1.95. The molecule has 3 rings (SSSR count). The number of aromatic amines is 1. The highest BCUT2D eigenvalue weighted by Gasteiger charge is 2.01. The largest absolute Gasteiger partial charge is 0.338 e. The number of nitrogens with one attached hydrogen (secondary N) is 1. The molecular formula is C16H10ClN3. The predicted molar refractivity (Wildman–Crippen MR) is 81.2 cm³/mol. The summed E-state index contributed by atoms with van der Waals surface area (Å²) in [6.45, 7) is 0. The van der Waals surface area contributed by atoms with Crippen LogP contribution in [0.15, 0.2) is 42.5 Å². The van der Waals surface area contributed by atoms with Gasteiger partial charge in [-0.25, -0.2) is 4.98 Å². The molecule has 20 heavy (non-hydrogen) atoms. The highest BCUT2D eigenvalue weighted by Crippen LogP contribution is 2.19. The number of rotatable bonds is 2. The number of nitriles is 1. The summed E-state index contributed by atoms with van der Waals surface area (Å²) in [5, 5.41) is 9.57. The summed E-state index contributed by atoms with van der Waals surface area (Å²) in [6.07, 6.45) is 3.78. The predicted octanol–water partition coefficient (Wildman–Crippen LogP) is 4.26.